The van der Waals surface area contributed by atoms with Crippen LogP contribution in [0.1, 0.15) is 19.3 Å². The number of piperazine rings is 1. The summed E-state index contributed by atoms with van der Waals surface area (Å²) in [5.74, 6) is 1.54. The van der Waals surface area contributed by atoms with Gasteiger partial charge in [0.1, 0.15) is 0 Å². The first-order valence-electron chi connectivity index (χ1n) is 6.79. The molecule has 0 aromatic heterocycles. The van der Waals surface area contributed by atoms with Gasteiger partial charge < -0.3 is 10.0 Å². The molecule has 2 rings (SSSR count). The molecule has 0 radical (unpaired) electrons. The highest BCUT2D eigenvalue weighted by atomic mass is 16.4. The number of carboxylic acid groups (broad SMARTS) is 1. The van der Waals surface area contributed by atoms with Gasteiger partial charge in [0.25, 0.3) is 0 Å². The first kappa shape index (κ1) is 13.9. The van der Waals surface area contributed by atoms with Crippen LogP contribution in [0, 0.1) is 24.2 Å². The maximum atomic E-state index is 12.3. The van der Waals surface area contributed by atoms with Gasteiger partial charge in [-0.25, -0.2) is 0 Å². The zero-order valence-corrected chi connectivity index (χ0v) is 11.0. The Balaban J connectivity index is 1.82. The number of nitrogens with zero attached hydrogens (tertiary/aromatic N) is 2. The van der Waals surface area contributed by atoms with Crippen molar-refractivity contribution in [2.24, 2.45) is 11.8 Å². The Bertz CT molecular complexity index is 394. The fraction of sp³-hybridized carbons (Fsp3) is 0.714. The topological polar surface area (TPSA) is 60.9 Å². The van der Waals surface area contributed by atoms with Gasteiger partial charge in [0.15, 0.2) is 0 Å². The number of amides is 1. The molecule has 19 heavy (non-hydrogen) atoms. The summed E-state index contributed by atoms with van der Waals surface area (Å²) in [5, 5.41) is 8.97. The van der Waals surface area contributed by atoms with E-state index in [4.69, 9.17) is 11.5 Å². The van der Waals surface area contributed by atoms with Crippen molar-refractivity contribution in [1.82, 2.24) is 9.80 Å². The molecule has 5 heteroatoms. The molecule has 2 aliphatic rings. The smallest absolute Gasteiger partial charge is 0.306 e. The van der Waals surface area contributed by atoms with E-state index in [1.54, 1.807) is 0 Å². The fourth-order valence-corrected chi connectivity index (χ4v) is 2.94. The molecular formula is C14H20N2O3. The molecule has 104 valence electrons. The number of hydrogen-bond donors (Lipinski definition) is 1. The van der Waals surface area contributed by atoms with Crippen molar-refractivity contribution in [3.63, 3.8) is 0 Å². The molecule has 0 spiro atoms. The van der Waals surface area contributed by atoms with E-state index in [-0.39, 0.29) is 17.7 Å². The monoisotopic (exact) mass is 264 g/mol. The van der Waals surface area contributed by atoms with Gasteiger partial charge in [-0.1, -0.05) is 5.92 Å². The average Bonchev–Trinajstić information content (AvgIpc) is 2.89. The Morgan fingerprint density at radius 1 is 1.16 bits per heavy atom. The van der Waals surface area contributed by atoms with Crippen molar-refractivity contribution in [2.75, 3.05) is 32.7 Å². The van der Waals surface area contributed by atoms with Gasteiger partial charge in [-0.05, 0) is 19.3 Å². The van der Waals surface area contributed by atoms with Crippen LogP contribution in [0.5, 0.6) is 0 Å². The maximum absolute atomic E-state index is 12.3. The first-order chi connectivity index (χ1) is 9.11. The number of aliphatic carboxylic acids is 1. The van der Waals surface area contributed by atoms with E-state index in [0.717, 1.165) is 13.1 Å². The maximum Gasteiger partial charge on any atom is 0.306 e. The van der Waals surface area contributed by atoms with Crippen LogP contribution >= 0.6 is 0 Å². The van der Waals surface area contributed by atoms with Crippen molar-refractivity contribution < 1.29 is 14.7 Å². The third kappa shape index (κ3) is 3.27. The predicted molar refractivity (Wildman–Crippen MR) is 70.3 cm³/mol. The summed E-state index contributed by atoms with van der Waals surface area (Å²) >= 11 is 0. The third-order valence-electron chi connectivity index (χ3n) is 4.13. The Kier molecular flexibility index (Phi) is 4.43. The number of carbonyl (C=O) groups excluding carboxylic acids is 1. The second-order valence-electron chi connectivity index (χ2n) is 5.35. The van der Waals surface area contributed by atoms with Crippen molar-refractivity contribution in [2.45, 2.75) is 19.3 Å². The van der Waals surface area contributed by atoms with Crippen molar-refractivity contribution in [3.8, 4) is 12.3 Å². The van der Waals surface area contributed by atoms with Gasteiger partial charge in [-0.3, -0.25) is 14.5 Å². The lowest BCUT2D eigenvalue weighted by molar-refractivity contribution is -0.141. The molecule has 2 fully saturated rings. The molecule has 0 aromatic carbocycles. The molecule has 1 saturated carbocycles. The fourth-order valence-electron chi connectivity index (χ4n) is 2.94. The van der Waals surface area contributed by atoms with E-state index in [1.807, 2.05) is 4.90 Å². The van der Waals surface area contributed by atoms with Gasteiger partial charge in [0.05, 0.1) is 12.5 Å². The summed E-state index contributed by atoms with van der Waals surface area (Å²) in [5.41, 5.74) is 0. The molecule has 5 nitrogen and oxygen atoms in total. The van der Waals surface area contributed by atoms with E-state index >= 15 is 0 Å². The summed E-state index contributed by atoms with van der Waals surface area (Å²) in [7, 11) is 0. The van der Waals surface area contributed by atoms with Crippen LogP contribution in [0.3, 0.4) is 0 Å². The predicted octanol–water partition coefficient (Wildman–Crippen LogP) is 0.265. The van der Waals surface area contributed by atoms with Crippen molar-refractivity contribution in [1.29, 1.82) is 0 Å². The van der Waals surface area contributed by atoms with E-state index < -0.39 is 5.97 Å². The molecule has 1 N–H and O–H groups in total. The Labute approximate surface area is 113 Å². The molecule has 2 atom stereocenters. The first-order valence-corrected chi connectivity index (χ1v) is 6.79. The SMILES string of the molecule is C#CCN1CCN(C(=O)C2CCC(C(=O)O)C2)CC1. The Morgan fingerprint density at radius 3 is 2.32 bits per heavy atom. The lowest BCUT2D eigenvalue weighted by Gasteiger charge is -2.35. The van der Waals surface area contributed by atoms with Crippen molar-refractivity contribution in [3.05, 3.63) is 0 Å². The molecule has 0 bridgehead atoms. The molecule has 1 amide bonds. The summed E-state index contributed by atoms with van der Waals surface area (Å²) < 4.78 is 0. The van der Waals surface area contributed by atoms with Crippen LogP contribution in [0.2, 0.25) is 0 Å². The highest BCUT2D eigenvalue weighted by Gasteiger charge is 2.36. The summed E-state index contributed by atoms with van der Waals surface area (Å²) in [6, 6.07) is 0. The molecule has 1 aliphatic carbocycles. The largest absolute Gasteiger partial charge is 0.481 e. The molecular weight excluding hydrogens is 244 g/mol. The highest BCUT2D eigenvalue weighted by Crippen LogP contribution is 2.32. The normalized spacial score (nSPS) is 28.1. The van der Waals surface area contributed by atoms with E-state index in [2.05, 4.69) is 10.8 Å². The minimum Gasteiger partial charge on any atom is -0.481 e. The van der Waals surface area contributed by atoms with Gasteiger partial charge in [-0.2, -0.15) is 0 Å². The van der Waals surface area contributed by atoms with Gasteiger partial charge in [-0.15, -0.1) is 6.42 Å². The van der Waals surface area contributed by atoms with Crippen LogP contribution in [0.4, 0.5) is 0 Å². The van der Waals surface area contributed by atoms with E-state index in [1.165, 1.54) is 0 Å². The molecule has 0 aromatic rings. The summed E-state index contributed by atoms with van der Waals surface area (Å²) in [6.07, 6.45) is 7.10. The van der Waals surface area contributed by atoms with Gasteiger partial charge in [0.2, 0.25) is 5.91 Å². The minimum atomic E-state index is -0.769. The van der Waals surface area contributed by atoms with Crippen LogP contribution in [0.15, 0.2) is 0 Å². The van der Waals surface area contributed by atoms with Crippen LogP contribution < -0.4 is 0 Å². The molecule has 2 unspecified atom stereocenters. The molecule has 1 heterocycles. The zero-order valence-electron chi connectivity index (χ0n) is 11.0. The van der Waals surface area contributed by atoms with Crippen LogP contribution in [-0.4, -0.2) is 59.5 Å². The Hall–Kier alpha value is -1.54. The van der Waals surface area contributed by atoms with Crippen molar-refractivity contribution >= 4 is 11.9 Å². The number of carboxylic acids is 1. The minimum absolute atomic E-state index is 0.0970. The van der Waals surface area contributed by atoms with E-state index in [0.29, 0.717) is 38.9 Å². The number of carbonyl (C=O) groups is 2. The summed E-state index contributed by atoms with van der Waals surface area (Å²) in [6.45, 7) is 3.66. The van der Waals surface area contributed by atoms with E-state index in [9.17, 15) is 9.59 Å². The number of hydrogen-bond acceptors (Lipinski definition) is 3. The zero-order chi connectivity index (χ0) is 13.8. The molecule has 1 saturated heterocycles. The van der Waals surface area contributed by atoms with Crippen LogP contribution in [0.25, 0.3) is 0 Å². The van der Waals surface area contributed by atoms with Gasteiger partial charge in [0, 0.05) is 32.1 Å². The second-order valence-corrected chi connectivity index (χ2v) is 5.35. The van der Waals surface area contributed by atoms with Gasteiger partial charge >= 0.3 is 5.97 Å². The standard InChI is InChI=1S/C14H20N2O3/c1-2-5-15-6-8-16(9-7-15)13(17)11-3-4-12(10-11)14(18)19/h1,11-12H,3-10H2,(H,18,19). The highest BCUT2D eigenvalue weighted by molar-refractivity contribution is 5.81. The van der Waals surface area contributed by atoms with Crippen LogP contribution in [-0.2, 0) is 9.59 Å². The lowest BCUT2D eigenvalue weighted by Crippen LogP contribution is -2.50. The Morgan fingerprint density at radius 2 is 1.79 bits per heavy atom. The second kappa shape index (κ2) is 6.07. The number of terminal acetylenes is 1. The average molecular weight is 264 g/mol. The third-order valence-corrected chi connectivity index (χ3v) is 4.13. The lowest BCUT2D eigenvalue weighted by atomic mass is 10.0. The summed E-state index contributed by atoms with van der Waals surface area (Å²) in [4.78, 5) is 27.2. The number of rotatable bonds is 3. The quantitative estimate of drug-likeness (QED) is 0.743. The molecule has 1 aliphatic heterocycles.